The summed E-state index contributed by atoms with van der Waals surface area (Å²) in [4.78, 5) is 18.8. The van der Waals surface area contributed by atoms with Crippen LogP contribution in [0.3, 0.4) is 0 Å². The molecule has 29 heavy (non-hydrogen) atoms. The number of carbonyl (C=O) groups excluding carboxylic acids is 1. The second-order valence-electron chi connectivity index (χ2n) is 7.24. The van der Waals surface area contributed by atoms with E-state index in [0.29, 0.717) is 18.7 Å². The average molecular weight is 390 g/mol. The van der Waals surface area contributed by atoms with E-state index in [0.717, 1.165) is 39.6 Å². The highest BCUT2D eigenvalue weighted by molar-refractivity contribution is 6.15. The lowest BCUT2D eigenvalue weighted by molar-refractivity contribution is -0.132. The topological polar surface area (TPSA) is 58.5 Å². The van der Waals surface area contributed by atoms with Gasteiger partial charge >= 0.3 is 0 Å². The minimum absolute atomic E-state index is 0.0707. The molecule has 0 spiro atoms. The molecule has 7 heteroatoms. The molecule has 0 N–H and O–H groups in total. The Balaban J connectivity index is 1.45. The standard InChI is InChI=1S/C22H16F2N4O/c23-18-2-1-14(20(24)8-18)11-28-12-17-6-19-16(5-15(17)7-21(28)29)9-25-22(19)13-3-4-26-27-10-13/h1-6,8,10H,7,9,11-12H2. The number of fused-ring (bicyclic) bond motifs is 2. The van der Waals surface area contributed by atoms with Gasteiger partial charge in [-0.25, -0.2) is 8.78 Å². The summed E-state index contributed by atoms with van der Waals surface area (Å²) in [6.45, 7) is 1.05. The van der Waals surface area contributed by atoms with Crippen LogP contribution in [-0.4, -0.2) is 26.7 Å². The number of carbonyl (C=O) groups is 1. The molecule has 5 nitrogen and oxygen atoms in total. The lowest BCUT2D eigenvalue weighted by Gasteiger charge is -2.29. The van der Waals surface area contributed by atoms with Crippen molar-refractivity contribution >= 4 is 11.6 Å². The van der Waals surface area contributed by atoms with Gasteiger partial charge in [-0.15, -0.1) is 0 Å². The van der Waals surface area contributed by atoms with Crippen molar-refractivity contribution in [2.24, 2.45) is 4.99 Å². The van der Waals surface area contributed by atoms with E-state index in [4.69, 9.17) is 0 Å². The largest absolute Gasteiger partial charge is 0.334 e. The molecule has 2 aliphatic heterocycles. The predicted octanol–water partition coefficient (Wildman–Crippen LogP) is 3.19. The summed E-state index contributed by atoms with van der Waals surface area (Å²) < 4.78 is 27.2. The van der Waals surface area contributed by atoms with Gasteiger partial charge in [-0.2, -0.15) is 10.2 Å². The fourth-order valence-corrected chi connectivity index (χ4v) is 3.90. The van der Waals surface area contributed by atoms with Gasteiger partial charge in [0.2, 0.25) is 5.91 Å². The summed E-state index contributed by atoms with van der Waals surface area (Å²) in [5.41, 5.74) is 6.17. The molecule has 0 atom stereocenters. The summed E-state index contributed by atoms with van der Waals surface area (Å²) in [7, 11) is 0. The van der Waals surface area contributed by atoms with Gasteiger partial charge in [0.15, 0.2) is 0 Å². The maximum atomic E-state index is 14.0. The third-order valence-electron chi connectivity index (χ3n) is 5.38. The van der Waals surface area contributed by atoms with Gasteiger partial charge in [-0.3, -0.25) is 9.79 Å². The van der Waals surface area contributed by atoms with Crippen molar-refractivity contribution in [1.29, 1.82) is 0 Å². The SMILES string of the molecule is O=C1Cc2cc3c(cc2CN1Cc1ccc(F)cc1F)C(c1ccnnc1)=NC3. The number of aromatic nitrogens is 2. The van der Waals surface area contributed by atoms with Crippen molar-refractivity contribution in [3.63, 3.8) is 0 Å². The van der Waals surface area contributed by atoms with E-state index in [2.05, 4.69) is 21.3 Å². The van der Waals surface area contributed by atoms with Gasteiger partial charge in [0, 0.05) is 35.8 Å². The quantitative estimate of drug-likeness (QED) is 0.690. The van der Waals surface area contributed by atoms with Crippen LogP contribution in [0.2, 0.25) is 0 Å². The van der Waals surface area contributed by atoms with E-state index >= 15 is 0 Å². The molecule has 2 aromatic carbocycles. The molecule has 1 aromatic heterocycles. The van der Waals surface area contributed by atoms with Gasteiger partial charge in [0.05, 0.1) is 31.1 Å². The molecule has 0 unspecified atom stereocenters. The van der Waals surface area contributed by atoms with E-state index in [1.165, 1.54) is 12.1 Å². The Morgan fingerprint density at radius 3 is 2.69 bits per heavy atom. The Kier molecular flexibility index (Phi) is 4.16. The fraction of sp³-hybridized carbons (Fsp3) is 0.182. The zero-order valence-electron chi connectivity index (χ0n) is 15.4. The normalized spacial score (nSPS) is 15.2. The van der Waals surface area contributed by atoms with E-state index in [9.17, 15) is 13.6 Å². The Hall–Kier alpha value is -3.48. The van der Waals surface area contributed by atoms with Crippen LogP contribution in [0.1, 0.15) is 33.4 Å². The lowest BCUT2D eigenvalue weighted by Crippen LogP contribution is -2.36. The van der Waals surface area contributed by atoms with Gasteiger partial charge in [0.25, 0.3) is 0 Å². The molecule has 3 aromatic rings. The molecule has 2 aliphatic rings. The molecule has 0 saturated carbocycles. The van der Waals surface area contributed by atoms with Crippen molar-refractivity contribution in [2.45, 2.75) is 26.1 Å². The zero-order chi connectivity index (χ0) is 20.0. The molecular formula is C22H16F2N4O. The molecule has 0 saturated heterocycles. The first kappa shape index (κ1) is 17.6. The van der Waals surface area contributed by atoms with Gasteiger partial charge in [0.1, 0.15) is 11.6 Å². The number of nitrogens with zero attached hydrogens (tertiary/aromatic N) is 4. The first-order chi connectivity index (χ1) is 14.1. The highest BCUT2D eigenvalue weighted by Crippen LogP contribution is 2.30. The highest BCUT2D eigenvalue weighted by Gasteiger charge is 2.27. The number of aliphatic imine (C=N–C) groups is 1. The molecule has 0 radical (unpaired) electrons. The van der Waals surface area contributed by atoms with Crippen molar-refractivity contribution < 1.29 is 13.6 Å². The van der Waals surface area contributed by atoms with Gasteiger partial charge in [-0.05, 0) is 34.9 Å². The number of hydrogen-bond donors (Lipinski definition) is 0. The highest BCUT2D eigenvalue weighted by atomic mass is 19.1. The van der Waals surface area contributed by atoms with Crippen LogP contribution in [0.25, 0.3) is 0 Å². The average Bonchev–Trinajstić information content (AvgIpc) is 3.12. The first-order valence-corrected chi connectivity index (χ1v) is 9.27. The minimum atomic E-state index is -0.642. The molecule has 1 amide bonds. The maximum Gasteiger partial charge on any atom is 0.227 e. The smallest absolute Gasteiger partial charge is 0.227 e. The Labute approximate surface area is 165 Å². The van der Waals surface area contributed by atoms with E-state index in [1.807, 2.05) is 12.1 Å². The Morgan fingerprint density at radius 2 is 1.90 bits per heavy atom. The first-order valence-electron chi connectivity index (χ1n) is 9.27. The predicted molar refractivity (Wildman–Crippen MR) is 102 cm³/mol. The second kappa shape index (κ2) is 6.84. The third kappa shape index (κ3) is 3.18. The molecule has 5 rings (SSSR count). The molecular weight excluding hydrogens is 374 g/mol. The molecule has 0 fully saturated rings. The van der Waals surface area contributed by atoms with Crippen LogP contribution < -0.4 is 0 Å². The van der Waals surface area contributed by atoms with Crippen molar-refractivity contribution in [3.8, 4) is 0 Å². The molecule has 0 bridgehead atoms. The maximum absolute atomic E-state index is 14.0. The number of benzene rings is 2. The van der Waals surface area contributed by atoms with E-state index in [-0.39, 0.29) is 18.9 Å². The summed E-state index contributed by atoms with van der Waals surface area (Å²) in [6.07, 6.45) is 3.57. The summed E-state index contributed by atoms with van der Waals surface area (Å²) in [5.74, 6) is -1.34. The van der Waals surface area contributed by atoms with E-state index in [1.54, 1.807) is 17.3 Å². The number of rotatable bonds is 3. The molecule has 144 valence electrons. The van der Waals surface area contributed by atoms with Crippen molar-refractivity contribution in [2.75, 3.05) is 0 Å². The number of halogens is 2. The van der Waals surface area contributed by atoms with Gasteiger partial charge < -0.3 is 4.90 Å². The minimum Gasteiger partial charge on any atom is -0.334 e. The second-order valence-corrected chi connectivity index (χ2v) is 7.24. The third-order valence-corrected chi connectivity index (χ3v) is 5.38. The molecule has 3 heterocycles. The van der Waals surface area contributed by atoms with Crippen molar-refractivity contribution in [1.82, 2.24) is 15.1 Å². The number of hydrogen-bond acceptors (Lipinski definition) is 4. The van der Waals surface area contributed by atoms with Crippen LogP contribution >= 0.6 is 0 Å². The van der Waals surface area contributed by atoms with Crippen molar-refractivity contribution in [3.05, 3.63) is 93.8 Å². The van der Waals surface area contributed by atoms with Crippen LogP contribution in [0.5, 0.6) is 0 Å². The summed E-state index contributed by atoms with van der Waals surface area (Å²) in [6, 6.07) is 9.42. The summed E-state index contributed by atoms with van der Waals surface area (Å²) in [5, 5.41) is 7.74. The van der Waals surface area contributed by atoms with E-state index < -0.39 is 11.6 Å². The van der Waals surface area contributed by atoms with Crippen LogP contribution in [0.15, 0.2) is 53.8 Å². The zero-order valence-corrected chi connectivity index (χ0v) is 15.4. The van der Waals surface area contributed by atoms with Crippen LogP contribution in [-0.2, 0) is 30.8 Å². The Bertz CT molecular complexity index is 1160. The summed E-state index contributed by atoms with van der Waals surface area (Å²) >= 11 is 0. The Morgan fingerprint density at radius 1 is 1.00 bits per heavy atom. The number of amides is 1. The monoisotopic (exact) mass is 390 g/mol. The van der Waals surface area contributed by atoms with Crippen LogP contribution in [0, 0.1) is 11.6 Å². The molecule has 0 aliphatic carbocycles. The lowest BCUT2D eigenvalue weighted by atomic mass is 9.91. The fourth-order valence-electron chi connectivity index (χ4n) is 3.90. The van der Waals surface area contributed by atoms with Crippen LogP contribution in [0.4, 0.5) is 8.78 Å². The van der Waals surface area contributed by atoms with Gasteiger partial charge in [-0.1, -0.05) is 12.1 Å².